The maximum absolute atomic E-state index is 12.4. The molecule has 0 spiro atoms. The van der Waals surface area contributed by atoms with Crippen LogP contribution in [-0.4, -0.2) is 46.0 Å². The van der Waals surface area contributed by atoms with Crippen LogP contribution in [0.5, 0.6) is 11.5 Å². The average molecular weight is 367 g/mol. The molecule has 6 nitrogen and oxygen atoms in total. The summed E-state index contributed by atoms with van der Waals surface area (Å²) in [7, 11) is 1.45. The lowest BCUT2D eigenvalue weighted by Crippen LogP contribution is -2.35. The van der Waals surface area contributed by atoms with Crippen LogP contribution in [0.3, 0.4) is 0 Å². The zero-order chi connectivity index (χ0) is 17.9. The Kier molecular flexibility index (Phi) is 5.84. The summed E-state index contributed by atoms with van der Waals surface area (Å²) < 4.78 is 10.3. The highest BCUT2D eigenvalue weighted by molar-refractivity contribution is 8.26. The molecular weight excluding hydrogens is 350 g/mol. The van der Waals surface area contributed by atoms with Crippen molar-refractivity contribution >= 4 is 46.3 Å². The number of carbonyl (C=O) groups excluding carboxylic acids is 2. The number of rotatable bonds is 5. The molecule has 1 aliphatic rings. The summed E-state index contributed by atoms with van der Waals surface area (Å²) in [6.45, 7) is 3.25. The number of methoxy groups -OCH3 is 1. The van der Waals surface area contributed by atoms with Crippen LogP contribution in [0.25, 0.3) is 6.08 Å². The molecule has 0 bridgehead atoms. The molecule has 0 unspecified atom stereocenters. The molecule has 0 aromatic heterocycles. The molecule has 0 aliphatic carbocycles. The number of hydrogen-bond acceptors (Lipinski definition) is 7. The number of hydrogen-bond donors (Lipinski definition) is 1. The summed E-state index contributed by atoms with van der Waals surface area (Å²) in [5.74, 6) is -0.552. The topological polar surface area (TPSA) is 76.1 Å². The molecule has 0 radical (unpaired) electrons. The van der Waals surface area contributed by atoms with Crippen LogP contribution in [0.2, 0.25) is 0 Å². The first kappa shape index (κ1) is 18.3. The van der Waals surface area contributed by atoms with Crippen LogP contribution in [0.1, 0.15) is 19.4 Å². The van der Waals surface area contributed by atoms with Gasteiger partial charge in [0.1, 0.15) is 10.9 Å². The van der Waals surface area contributed by atoms with Gasteiger partial charge in [-0.2, -0.15) is 0 Å². The van der Waals surface area contributed by atoms with Crippen molar-refractivity contribution in [1.29, 1.82) is 0 Å². The van der Waals surface area contributed by atoms with E-state index < -0.39 is 5.97 Å². The number of benzene rings is 1. The highest BCUT2D eigenvalue weighted by atomic mass is 32.2. The molecule has 24 heavy (non-hydrogen) atoms. The molecule has 1 aromatic rings. The predicted molar refractivity (Wildman–Crippen MR) is 95.8 cm³/mol. The number of thioether (sulfide) groups is 1. The predicted octanol–water partition coefficient (Wildman–Crippen LogP) is 2.55. The fraction of sp³-hybridized carbons (Fsp3) is 0.312. The second-order valence-corrected chi connectivity index (χ2v) is 6.91. The van der Waals surface area contributed by atoms with E-state index in [1.54, 1.807) is 32.1 Å². The van der Waals surface area contributed by atoms with E-state index >= 15 is 0 Å². The molecule has 1 aliphatic heterocycles. The van der Waals surface area contributed by atoms with Crippen molar-refractivity contribution in [3.05, 3.63) is 28.7 Å². The number of amides is 1. The number of nitrogens with zero attached hydrogens (tertiary/aromatic N) is 1. The summed E-state index contributed by atoms with van der Waals surface area (Å²) in [6.07, 6.45) is 1.35. The van der Waals surface area contributed by atoms with Crippen LogP contribution in [0, 0.1) is 0 Å². The van der Waals surface area contributed by atoms with Crippen LogP contribution >= 0.6 is 24.0 Å². The van der Waals surface area contributed by atoms with E-state index in [1.807, 2.05) is 0 Å². The van der Waals surface area contributed by atoms with Crippen molar-refractivity contribution in [2.45, 2.75) is 20.0 Å². The Hall–Kier alpha value is -2.06. The molecular formula is C16H17NO5S2. The van der Waals surface area contributed by atoms with E-state index in [9.17, 15) is 14.7 Å². The SMILES string of the molecule is COc1ccc(/C=C2\SC(=S)N(CC(=O)OC(C)C)C2=O)cc1O. The van der Waals surface area contributed by atoms with Gasteiger partial charge >= 0.3 is 5.97 Å². The molecule has 0 saturated carbocycles. The van der Waals surface area contributed by atoms with Crippen molar-refractivity contribution in [2.24, 2.45) is 0 Å². The number of esters is 1. The minimum Gasteiger partial charge on any atom is -0.504 e. The Labute approximate surface area is 149 Å². The molecule has 1 heterocycles. The van der Waals surface area contributed by atoms with Gasteiger partial charge in [0.05, 0.1) is 18.1 Å². The van der Waals surface area contributed by atoms with Gasteiger partial charge in [-0.1, -0.05) is 30.0 Å². The van der Waals surface area contributed by atoms with E-state index in [0.29, 0.717) is 20.5 Å². The Bertz CT molecular complexity index is 714. The van der Waals surface area contributed by atoms with Gasteiger partial charge < -0.3 is 14.6 Å². The highest BCUT2D eigenvalue weighted by Gasteiger charge is 2.33. The first-order valence-electron chi connectivity index (χ1n) is 7.13. The van der Waals surface area contributed by atoms with Gasteiger partial charge in [0.15, 0.2) is 11.5 Å². The van der Waals surface area contributed by atoms with Gasteiger partial charge in [-0.25, -0.2) is 0 Å². The van der Waals surface area contributed by atoms with Crippen LogP contribution in [0.15, 0.2) is 23.1 Å². The first-order valence-corrected chi connectivity index (χ1v) is 8.36. The van der Waals surface area contributed by atoms with Crippen molar-refractivity contribution in [2.75, 3.05) is 13.7 Å². The van der Waals surface area contributed by atoms with E-state index in [2.05, 4.69) is 0 Å². The van der Waals surface area contributed by atoms with Gasteiger partial charge in [-0.05, 0) is 37.6 Å². The lowest BCUT2D eigenvalue weighted by Gasteiger charge is -2.14. The third-order valence-corrected chi connectivity index (χ3v) is 4.41. The van der Waals surface area contributed by atoms with Crippen molar-refractivity contribution in [3.63, 3.8) is 0 Å². The summed E-state index contributed by atoms with van der Waals surface area (Å²) in [5.41, 5.74) is 0.624. The van der Waals surface area contributed by atoms with E-state index in [0.717, 1.165) is 11.8 Å². The standard InChI is InChI=1S/C16H17NO5S2/c1-9(2)22-14(19)8-17-15(20)13(24-16(17)23)7-10-4-5-12(21-3)11(18)6-10/h4-7,9,18H,8H2,1-3H3/b13-7-. The van der Waals surface area contributed by atoms with Crippen LogP contribution in [-0.2, 0) is 14.3 Å². The number of phenols is 1. The molecule has 0 atom stereocenters. The van der Waals surface area contributed by atoms with Gasteiger partial charge in [0, 0.05) is 0 Å². The Morgan fingerprint density at radius 2 is 2.17 bits per heavy atom. The number of thiocarbonyl (C=S) groups is 1. The fourth-order valence-corrected chi connectivity index (χ4v) is 3.27. The Balaban J connectivity index is 2.15. The second-order valence-electron chi connectivity index (χ2n) is 5.24. The summed E-state index contributed by atoms with van der Waals surface area (Å²) in [4.78, 5) is 25.7. The zero-order valence-electron chi connectivity index (χ0n) is 13.4. The minimum atomic E-state index is -0.510. The number of carbonyl (C=O) groups is 2. The van der Waals surface area contributed by atoms with E-state index in [4.69, 9.17) is 21.7 Å². The average Bonchev–Trinajstić information content (AvgIpc) is 2.74. The van der Waals surface area contributed by atoms with Crippen molar-refractivity contribution in [1.82, 2.24) is 4.90 Å². The molecule has 1 N–H and O–H groups in total. The summed E-state index contributed by atoms with van der Waals surface area (Å²) in [6, 6.07) is 4.79. The summed E-state index contributed by atoms with van der Waals surface area (Å²) >= 11 is 6.26. The van der Waals surface area contributed by atoms with Crippen LogP contribution < -0.4 is 4.74 Å². The molecule has 1 fully saturated rings. The number of ether oxygens (including phenoxy) is 2. The lowest BCUT2D eigenvalue weighted by atomic mass is 10.2. The van der Waals surface area contributed by atoms with E-state index in [1.165, 1.54) is 18.1 Å². The maximum Gasteiger partial charge on any atom is 0.326 e. The normalized spacial score (nSPS) is 16.2. The molecule has 2 rings (SSSR count). The molecule has 8 heteroatoms. The molecule has 128 valence electrons. The minimum absolute atomic E-state index is 0.0257. The fourth-order valence-electron chi connectivity index (χ4n) is 2.01. The van der Waals surface area contributed by atoms with Gasteiger partial charge in [0.25, 0.3) is 5.91 Å². The second kappa shape index (κ2) is 7.67. The van der Waals surface area contributed by atoms with Gasteiger partial charge in [0.2, 0.25) is 0 Å². The van der Waals surface area contributed by atoms with E-state index in [-0.39, 0.29) is 24.3 Å². The zero-order valence-corrected chi connectivity index (χ0v) is 15.1. The monoisotopic (exact) mass is 367 g/mol. The van der Waals surface area contributed by atoms with Gasteiger partial charge in [-0.15, -0.1) is 0 Å². The number of aromatic hydroxyl groups is 1. The molecule has 1 amide bonds. The molecule has 1 aromatic carbocycles. The van der Waals surface area contributed by atoms with Gasteiger partial charge in [-0.3, -0.25) is 14.5 Å². The highest BCUT2D eigenvalue weighted by Crippen LogP contribution is 2.34. The lowest BCUT2D eigenvalue weighted by molar-refractivity contribution is -0.149. The van der Waals surface area contributed by atoms with Crippen molar-refractivity contribution < 1.29 is 24.2 Å². The third kappa shape index (κ3) is 4.27. The quantitative estimate of drug-likeness (QED) is 0.487. The maximum atomic E-state index is 12.4. The largest absolute Gasteiger partial charge is 0.504 e. The smallest absolute Gasteiger partial charge is 0.326 e. The van der Waals surface area contributed by atoms with Crippen molar-refractivity contribution in [3.8, 4) is 11.5 Å². The molecule has 1 saturated heterocycles. The third-order valence-electron chi connectivity index (χ3n) is 3.03. The number of phenolic OH excluding ortho intramolecular Hbond substituents is 1. The Morgan fingerprint density at radius 3 is 2.75 bits per heavy atom. The first-order chi connectivity index (χ1) is 11.3. The van der Waals surface area contributed by atoms with Crippen LogP contribution in [0.4, 0.5) is 0 Å². The summed E-state index contributed by atoms with van der Waals surface area (Å²) in [5, 5.41) is 9.79. The Morgan fingerprint density at radius 1 is 1.46 bits per heavy atom.